The predicted octanol–water partition coefficient (Wildman–Crippen LogP) is 3.36. The predicted molar refractivity (Wildman–Crippen MR) is 114 cm³/mol. The zero-order valence-electron chi connectivity index (χ0n) is 17.1. The number of ether oxygens (including phenoxy) is 1. The molecular formula is C21H29N5O2. The third-order valence-corrected chi connectivity index (χ3v) is 5.19. The molecule has 1 fully saturated rings. The summed E-state index contributed by atoms with van der Waals surface area (Å²) in [6.07, 6.45) is 0.858. The monoisotopic (exact) mass is 383 g/mol. The molecule has 1 aliphatic heterocycles. The first-order valence-electron chi connectivity index (χ1n) is 9.69. The number of methoxy groups -OCH3 is 1. The van der Waals surface area contributed by atoms with Gasteiger partial charge in [0.15, 0.2) is 0 Å². The van der Waals surface area contributed by atoms with Gasteiger partial charge in [-0.3, -0.25) is 0 Å². The van der Waals surface area contributed by atoms with E-state index in [-0.39, 0.29) is 6.03 Å². The van der Waals surface area contributed by atoms with Crippen LogP contribution in [0.25, 0.3) is 0 Å². The summed E-state index contributed by atoms with van der Waals surface area (Å²) in [5, 5.41) is 6.10. The van der Waals surface area contributed by atoms with Crippen LogP contribution in [-0.4, -0.2) is 56.3 Å². The lowest BCUT2D eigenvalue weighted by atomic mass is 10.1. The highest BCUT2D eigenvalue weighted by Gasteiger charge is 2.22. The summed E-state index contributed by atoms with van der Waals surface area (Å²) in [5.74, 6) is 0.450. The maximum Gasteiger partial charge on any atom is 0.322 e. The largest absolute Gasteiger partial charge is 0.480 e. The van der Waals surface area contributed by atoms with Crippen LogP contribution in [-0.2, 0) is 6.42 Å². The van der Waals surface area contributed by atoms with Crippen LogP contribution in [0.2, 0.25) is 0 Å². The van der Waals surface area contributed by atoms with Gasteiger partial charge < -0.3 is 25.2 Å². The first-order valence-corrected chi connectivity index (χ1v) is 9.69. The number of anilines is 3. The van der Waals surface area contributed by atoms with E-state index in [4.69, 9.17) is 4.74 Å². The summed E-state index contributed by atoms with van der Waals surface area (Å²) in [5.41, 5.74) is 4.92. The van der Waals surface area contributed by atoms with Crippen LogP contribution in [0.5, 0.6) is 5.88 Å². The number of aromatic nitrogens is 1. The average Bonchev–Trinajstić information content (AvgIpc) is 2.74. The number of pyridine rings is 1. The summed E-state index contributed by atoms with van der Waals surface area (Å²) in [6.45, 7) is 6.97. The maximum atomic E-state index is 12.8. The number of amides is 2. The number of aryl methyl sites for hydroxylation is 2. The number of nitrogens with zero attached hydrogens (tertiary/aromatic N) is 3. The zero-order chi connectivity index (χ0) is 20.1. The van der Waals surface area contributed by atoms with Crippen LogP contribution in [0.3, 0.4) is 0 Å². The molecule has 0 spiro atoms. The van der Waals surface area contributed by atoms with E-state index in [0.717, 1.165) is 36.5 Å². The number of nitrogens with one attached hydrogen (secondary N) is 2. The van der Waals surface area contributed by atoms with Gasteiger partial charge in [-0.25, -0.2) is 9.78 Å². The van der Waals surface area contributed by atoms with Gasteiger partial charge in [-0.1, -0.05) is 6.92 Å². The summed E-state index contributed by atoms with van der Waals surface area (Å²) in [4.78, 5) is 21.3. The lowest BCUT2D eigenvalue weighted by Gasteiger charge is -2.36. The average molecular weight is 383 g/mol. The Bertz CT molecular complexity index is 814. The molecule has 2 aromatic rings. The number of urea groups is 1. The fourth-order valence-corrected chi connectivity index (χ4v) is 3.43. The van der Waals surface area contributed by atoms with E-state index in [9.17, 15) is 4.79 Å². The number of carbonyl (C=O) groups excluding carboxylic acids is 1. The van der Waals surface area contributed by atoms with Crippen molar-refractivity contribution in [2.24, 2.45) is 0 Å². The molecule has 1 saturated heterocycles. The lowest BCUT2D eigenvalue weighted by molar-refractivity contribution is 0.208. The first-order chi connectivity index (χ1) is 13.5. The SMILES string of the molecule is CCc1cc(NC(=O)N2CCN(c3ccc(NC)cc3)CC2)c(OC)nc1C. The van der Waals surface area contributed by atoms with Gasteiger partial charge in [0.25, 0.3) is 0 Å². The Morgan fingerprint density at radius 1 is 1.18 bits per heavy atom. The zero-order valence-corrected chi connectivity index (χ0v) is 17.1. The number of hydrogen-bond donors (Lipinski definition) is 2. The van der Waals surface area contributed by atoms with Crippen molar-refractivity contribution < 1.29 is 9.53 Å². The second-order valence-corrected chi connectivity index (χ2v) is 6.84. The molecule has 1 aromatic heterocycles. The Balaban J connectivity index is 1.62. The second kappa shape index (κ2) is 8.82. The highest BCUT2D eigenvalue weighted by Crippen LogP contribution is 2.26. The van der Waals surface area contributed by atoms with Gasteiger partial charge >= 0.3 is 6.03 Å². The fraction of sp³-hybridized carbons (Fsp3) is 0.429. The minimum atomic E-state index is -0.115. The molecule has 28 heavy (non-hydrogen) atoms. The molecule has 0 unspecified atom stereocenters. The van der Waals surface area contributed by atoms with Gasteiger partial charge in [0.05, 0.1) is 7.11 Å². The molecule has 0 radical (unpaired) electrons. The summed E-state index contributed by atoms with van der Waals surface area (Å²) < 4.78 is 5.35. The molecule has 7 heteroatoms. The Labute approximate surface area is 166 Å². The van der Waals surface area contributed by atoms with Crippen LogP contribution in [0, 0.1) is 6.92 Å². The summed E-state index contributed by atoms with van der Waals surface area (Å²) >= 11 is 0. The van der Waals surface area contributed by atoms with Crippen molar-refractivity contribution in [3.8, 4) is 5.88 Å². The minimum Gasteiger partial charge on any atom is -0.480 e. The molecule has 2 N–H and O–H groups in total. The molecule has 2 heterocycles. The van der Waals surface area contributed by atoms with Crippen molar-refractivity contribution >= 4 is 23.1 Å². The molecule has 0 atom stereocenters. The van der Waals surface area contributed by atoms with Crippen molar-refractivity contribution in [1.82, 2.24) is 9.88 Å². The lowest BCUT2D eigenvalue weighted by Crippen LogP contribution is -2.50. The van der Waals surface area contributed by atoms with Crippen molar-refractivity contribution in [3.63, 3.8) is 0 Å². The van der Waals surface area contributed by atoms with E-state index in [1.807, 2.05) is 24.9 Å². The van der Waals surface area contributed by atoms with Gasteiger partial charge in [0.2, 0.25) is 5.88 Å². The Morgan fingerprint density at radius 3 is 2.43 bits per heavy atom. The Morgan fingerprint density at radius 2 is 1.86 bits per heavy atom. The van der Waals surface area contributed by atoms with Gasteiger partial charge in [-0.15, -0.1) is 0 Å². The Hall–Kier alpha value is -2.96. The smallest absolute Gasteiger partial charge is 0.322 e. The van der Waals surface area contributed by atoms with Crippen molar-refractivity contribution in [1.29, 1.82) is 0 Å². The molecule has 0 saturated carbocycles. The molecule has 2 amide bonds. The molecule has 3 rings (SSSR count). The van der Waals surface area contributed by atoms with Crippen LogP contribution in [0.4, 0.5) is 21.9 Å². The first kappa shape index (κ1) is 19.8. The van der Waals surface area contributed by atoms with Gasteiger partial charge in [-0.05, 0) is 49.2 Å². The highest BCUT2D eigenvalue weighted by molar-refractivity contribution is 5.91. The van der Waals surface area contributed by atoms with Gasteiger partial charge in [-0.2, -0.15) is 0 Å². The van der Waals surface area contributed by atoms with E-state index in [2.05, 4.69) is 51.7 Å². The normalized spacial score (nSPS) is 14.0. The third kappa shape index (κ3) is 4.30. The quantitative estimate of drug-likeness (QED) is 0.829. The van der Waals surface area contributed by atoms with E-state index in [1.54, 1.807) is 7.11 Å². The molecule has 7 nitrogen and oxygen atoms in total. The molecule has 0 bridgehead atoms. The third-order valence-electron chi connectivity index (χ3n) is 5.19. The van der Waals surface area contributed by atoms with Crippen molar-refractivity contribution in [2.45, 2.75) is 20.3 Å². The Kier molecular flexibility index (Phi) is 6.23. The van der Waals surface area contributed by atoms with Crippen molar-refractivity contribution in [3.05, 3.63) is 41.6 Å². The van der Waals surface area contributed by atoms with Crippen LogP contribution in [0.15, 0.2) is 30.3 Å². The number of carbonyl (C=O) groups is 1. The van der Waals surface area contributed by atoms with Crippen LogP contribution >= 0.6 is 0 Å². The molecule has 150 valence electrons. The van der Waals surface area contributed by atoms with Gasteiger partial charge in [0.1, 0.15) is 5.69 Å². The van der Waals surface area contributed by atoms with Gasteiger partial charge in [0, 0.05) is 50.3 Å². The molecule has 1 aromatic carbocycles. The maximum absolute atomic E-state index is 12.8. The summed E-state index contributed by atoms with van der Waals surface area (Å²) in [7, 11) is 3.48. The van der Waals surface area contributed by atoms with E-state index < -0.39 is 0 Å². The van der Waals surface area contributed by atoms with E-state index >= 15 is 0 Å². The number of hydrogen-bond acceptors (Lipinski definition) is 5. The number of rotatable bonds is 5. The molecule has 0 aliphatic carbocycles. The summed E-state index contributed by atoms with van der Waals surface area (Å²) in [6, 6.07) is 10.2. The van der Waals surface area contributed by atoms with Crippen molar-refractivity contribution in [2.75, 3.05) is 55.9 Å². The number of benzene rings is 1. The fourth-order valence-electron chi connectivity index (χ4n) is 3.43. The number of piperazine rings is 1. The van der Waals surface area contributed by atoms with E-state index in [1.165, 1.54) is 5.69 Å². The second-order valence-electron chi connectivity index (χ2n) is 6.84. The van der Waals surface area contributed by atoms with E-state index in [0.29, 0.717) is 24.7 Å². The molecular weight excluding hydrogens is 354 g/mol. The van der Waals surface area contributed by atoms with Crippen LogP contribution < -0.4 is 20.3 Å². The highest BCUT2D eigenvalue weighted by atomic mass is 16.5. The topological polar surface area (TPSA) is 69.7 Å². The van der Waals surface area contributed by atoms with Crippen LogP contribution in [0.1, 0.15) is 18.2 Å². The standard InChI is InChI=1S/C21H29N5O2/c1-5-16-14-19(20(28-4)23-15(16)2)24-21(27)26-12-10-25(11-13-26)18-8-6-17(22-3)7-9-18/h6-9,14,22H,5,10-13H2,1-4H3,(H,24,27). The molecule has 1 aliphatic rings. The minimum absolute atomic E-state index is 0.115.